The van der Waals surface area contributed by atoms with Crippen LogP contribution in [0.2, 0.25) is 0 Å². The van der Waals surface area contributed by atoms with Gasteiger partial charge < -0.3 is 4.57 Å². The molecule has 0 aliphatic rings. The number of rotatable bonds is 3. The van der Waals surface area contributed by atoms with Crippen molar-refractivity contribution in [3.05, 3.63) is 65.6 Å². The molecule has 0 spiro atoms. The number of nitrogens with zero attached hydrogens (tertiary/aromatic N) is 2. The molecule has 0 saturated heterocycles. The second-order valence-corrected chi connectivity index (χ2v) is 5.07. The van der Waals surface area contributed by atoms with Gasteiger partial charge in [-0.2, -0.15) is 0 Å². The highest BCUT2D eigenvalue weighted by Crippen LogP contribution is 2.19. The highest BCUT2D eigenvalue weighted by molar-refractivity contribution is 5.93. The molecule has 100 valence electrons. The Bertz CT molecular complexity index is 787. The van der Waals surface area contributed by atoms with Crippen molar-refractivity contribution < 1.29 is 4.79 Å². The summed E-state index contributed by atoms with van der Waals surface area (Å²) in [6.45, 7) is 4.34. The number of aryl methyl sites for hydroxylation is 1. The molecule has 3 nitrogen and oxygen atoms in total. The Morgan fingerprint density at radius 1 is 1.25 bits per heavy atom. The summed E-state index contributed by atoms with van der Waals surface area (Å²) in [5.74, 6) is 0.0968. The number of benzene rings is 1. The first-order valence-electron chi connectivity index (χ1n) is 6.65. The second kappa shape index (κ2) is 4.93. The molecule has 0 atom stereocenters. The highest BCUT2D eigenvalue weighted by atomic mass is 16.1. The summed E-state index contributed by atoms with van der Waals surface area (Å²) in [7, 11) is 0. The predicted molar refractivity (Wildman–Crippen MR) is 80.0 cm³/mol. The van der Waals surface area contributed by atoms with E-state index in [9.17, 15) is 4.79 Å². The highest BCUT2D eigenvalue weighted by Gasteiger charge is 2.06. The van der Waals surface area contributed by atoms with Crippen molar-refractivity contribution in [1.82, 2.24) is 9.55 Å². The average Bonchev–Trinajstić information content (AvgIpc) is 2.87. The summed E-state index contributed by atoms with van der Waals surface area (Å²) in [4.78, 5) is 15.9. The van der Waals surface area contributed by atoms with E-state index in [2.05, 4.69) is 17.1 Å². The van der Waals surface area contributed by atoms with E-state index in [1.165, 1.54) is 5.56 Å². The lowest BCUT2D eigenvalue weighted by Crippen LogP contribution is -2.00. The molecule has 2 aromatic heterocycles. The van der Waals surface area contributed by atoms with Gasteiger partial charge in [0.2, 0.25) is 0 Å². The molecule has 3 rings (SSSR count). The lowest BCUT2D eigenvalue weighted by Gasteiger charge is -2.08. The van der Waals surface area contributed by atoms with Crippen LogP contribution in [0, 0.1) is 6.92 Å². The standard InChI is InChI=1S/C17H16N2O/c1-12-9-15(16-5-3-4-6-17(16)18-12)11-19-8-7-14(10-19)13(2)20/h3-10H,11H2,1-2H3. The SMILES string of the molecule is CC(=O)c1ccn(Cc2cc(C)nc3ccccc23)c1. The van der Waals surface area contributed by atoms with E-state index in [1.54, 1.807) is 6.92 Å². The first-order valence-corrected chi connectivity index (χ1v) is 6.65. The van der Waals surface area contributed by atoms with E-state index >= 15 is 0 Å². The molecule has 0 N–H and O–H groups in total. The van der Waals surface area contributed by atoms with E-state index in [4.69, 9.17) is 0 Å². The summed E-state index contributed by atoms with van der Waals surface area (Å²) in [6.07, 6.45) is 3.84. The van der Waals surface area contributed by atoms with E-state index in [0.29, 0.717) is 0 Å². The molecular formula is C17H16N2O. The number of pyridine rings is 1. The molecule has 3 aromatic rings. The molecule has 0 unspecified atom stereocenters. The third-order valence-corrected chi connectivity index (χ3v) is 3.44. The fourth-order valence-electron chi connectivity index (χ4n) is 2.47. The van der Waals surface area contributed by atoms with Gasteiger partial charge in [-0.05, 0) is 37.6 Å². The Hall–Kier alpha value is -2.42. The zero-order valence-electron chi connectivity index (χ0n) is 11.6. The lowest BCUT2D eigenvalue weighted by molar-refractivity contribution is 0.101. The molecule has 0 aliphatic carbocycles. The lowest BCUT2D eigenvalue weighted by atomic mass is 10.1. The number of aromatic nitrogens is 2. The summed E-state index contributed by atoms with van der Waals surface area (Å²) >= 11 is 0. The molecule has 3 heteroatoms. The topological polar surface area (TPSA) is 34.9 Å². The van der Waals surface area contributed by atoms with Crippen molar-refractivity contribution in [2.45, 2.75) is 20.4 Å². The average molecular weight is 264 g/mol. The first kappa shape index (κ1) is 12.6. The third kappa shape index (κ3) is 2.35. The van der Waals surface area contributed by atoms with Crippen molar-refractivity contribution in [3.8, 4) is 0 Å². The normalized spacial score (nSPS) is 10.9. The number of hydrogen-bond donors (Lipinski definition) is 0. The number of Topliss-reactive ketones (excluding diaryl/α,β-unsaturated/α-hetero) is 1. The van der Waals surface area contributed by atoms with Crippen LogP contribution in [0.3, 0.4) is 0 Å². The molecule has 20 heavy (non-hydrogen) atoms. The van der Waals surface area contributed by atoms with Gasteiger partial charge in [0.25, 0.3) is 0 Å². The quantitative estimate of drug-likeness (QED) is 0.677. The molecule has 0 amide bonds. The third-order valence-electron chi connectivity index (χ3n) is 3.44. The second-order valence-electron chi connectivity index (χ2n) is 5.07. The van der Waals surface area contributed by atoms with Gasteiger partial charge in [0.05, 0.1) is 5.52 Å². The van der Waals surface area contributed by atoms with Crippen LogP contribution in [-0.4, -0.2) is 15.3 Å². The largest absolute Gasteiger partial charge is 0.349 e. The molecule has 0 fully saturated rings. The minimum Gasteiger partial charge on any atom is -0.349 e. The summed E-state index contributed by atoms with van der Waals surface area (Å²) < 4.78 is 2.04. The molecule has 0 radical (unpaired) electrons. The van der Waals surface area contributed by atoms with Gasteiger partial charge in [0.1, 0.15) is 0 Å². The smallest absolute Gasteiger partial charge is 0.161 e. The van der Waals surface area contributed by atoms with E-state index in [1.807, 2.05) is 48.1 Å². The van der Waals surface area contributed by atoms with Gasteiger partial charge in [0.15, 0.2) is 5.78 Å². The first-order chi connectivity index (χ1) is 9.63. The van der Waals surface area contributed by atoms with E-state index in [0.717, 1.165) is 28.7 Å². The van der Waals surface area contributed by atoms with Gasteiger partial charge in [-0.15, -0.1) is 0 Å². The maximum Gasteiger partial charge on any atom is 0.161 e. The van der Waals surface area contributed by atoms with Crippen LogP contribution >= 0.6 is 0 Å². The van der Waals surface area contributed by atoms with Crippen molar-refractivity contribution in [2.75, 3.05) is 0 Å². The Morgan fingerprint density at radius 3 is 2.80 bits per heavy atom. The van der Waals surface area contributed by atoms with E-state index in [-0.39, 0.29) is 5.78 Å². The minimum atomic E-state index is 0.0968. The minimum absolute atomic E-state index is 0.0968. The zero-order chi connectivity index (χ0) is 14.1. The van der Waals surface area contributed by atoms with Crippen molar-refractivity contribution in [1.29, 1.82) is 0 Å². The maximum absolute atomic E-state index is 11.4. The summed E-state index contributed by atoms with van der Waals surface area (Å²) in [5, 5.41) is 1.16. The molecule has 0 aliphatic heterocycles. The number of carbonyl (C=O) groups excluding carboxylic acids is 1. The summed E-state index contributed by atoms with van der Waals surface area (Å²) in [5.41, 5.74) is 4.00. The van der Waals surface area contributed by atoms with Gasteiger partial charge in [0, 0.05) is 35.6 Å². The molecular weight excluding hydrogens is 248 g/mol. The number of hydrogen-bond acceptors (Lipinski definition) is 2. The fourth-order valence-corrected chi connectivity index (χ4v) is 2.47. The van der Waals surface area contributed by atoms with Crippen LogP contribution in [0.25, 0.3) is 10.9 Å². The Labute approximate surface area is 117 Å². The Balaban J connectivity index is 2.03. The molecule has 2 heterocycles. The predicted octanol–water partition coefficient (Wildman–Crippen LogP) is 3.60. The number of carbonyl (C=O) groups is 1. The maximum atomic E-state index is 11.4. The van der Waals surface area contributed by atoms with Crippen LogP contribution in [0.5, 0.6) is 0 Å². The Morgan fingerprint density at radius 2 is 2.05 bits per heavy atom. The van der Waals surface area contributed by atoms with Crippen molar-refractivity contribution in [2.24, 2.45) is 0 Å². The van der Waals surface area contributed by atoms with Gasteiger partial charge in [-0.3, -0.25) is 9.78 Å². The van der Waals surface area contributed by atoms with E-state index < -0.39 is 0 Å². The van der Waals surface area contributed by atoms with Gasteiger partial charge in [-0.25, -0.2) is 0 Å². The van der Waals surface area contributed by atoms with Crippen LogP contribution in [0.15, 0.2) is 48.8 Å². The monoisotopic (exact) mass is 264 g/mol. The van der Waals surface area contributed by atoms with Crippen molar-refractivity contribution in [3.63, 3.8) is 0 Å². The fraction of sp³-hybridized carbons (Fsp3) is 0.176. The Kier molecular flexibility index (Phi) is 3.11. The zero-order valence-corrected chi connectivity index (χ0v) is 11.6. The number of para-hydroxylation sites is 1. The van der Waals surface area contributed by atoms with Gasteiger partial charge in [-0.1, -0.05) is 18.2 Å². The molecule has 0 bridgehead atoms. The molecule has 1 aromatic carbocycles. The van der Waals surface area contributed by atoms with Crippen LogP contribution in [0.4, 0.5) is 0 Å². The molecule has 0 saturated carbocycles. The van der Waals surface area contributed by atoms with Crippen LogP contribution < -0.4 is 0 Å². The number of fused-ring (bicyclic) bond motifs is 1. The van der Waals surface area contributed by atoms with Crippen LogP contribution in [-0.2, 0) is 6.54 Å². The number of ketones is 1. The van der Waals surface area contributed by atoms with Crippen molar-refractivity contribution >= 4 is 16.7 Å². The van der Waals surface area contributed by atoms with Crippen LogP contribution in [0.1, 0.15) is 28.5 Å². The summed E-state index contributed by atoms with van der Waals surface area (Å²) in [6, 6.07) is 12.1. The van der Waals surface area contributed by atoms with Gasteiger partial charge >= 0.3 is 0 Å².